The van der Waals surface area contributed by atoms with Crippen molar-refractivity contribution in [3.63, 3.8) is 0 Å². The molecule has 1 heteroatoms. The van der Waals surface area contributed by atoms with Gasteiger partial charge in [-0.2, -0.15) is 0 Å². The molecule has 0 saturated carbocycles. The van der Waals surface area contributed by atoms with Gasteiger partial charge in [-0.25, -0.2) is 0 Å². The van der Waals surface area contributed by atoms with E-state index in [9.17, 15) is 0 Å². The minimum atomic E-state index is 0.961. The van der Waals surface area contributed by atoms with Gasteiger partial charge in [-0.05, 0) is 122 Å². The van der Waals surface area contributed by atoms with Gasteiger partial charge in [0, 0.05) is 0 Å². The van der Waals surface area contributed by atoms with Gasteiger partial charge < -0.3 is 4.74 Å². The smallest absolute Gasteiger partial charge is 0.134 e. The molecular weight excluding hydrogens is 448 g/mol. The molecule has 0 aliphatic heterocycles. The molecule has 1 nitrogen and oxygen atoms in total. The molecule has 188 valence electrons. The molecule has 0 aromatic heterocycles. The normalized spacial score (nSPS) is 11.6. The molecule has 4 aromatic rings. The Hall–Kier alpha value is -3.84. The second-order valence-electron chi connectivity index (χ2n) is 10.1. The van der Waals surface area contributed by atoms with Crippen molar-refractivity contribution in [2.24, 2.45) is 0 Å². The van der Waals surface area contributed by atoms with Crippen molar-refractivity contribution < 1.29 is 4.74 Å². The lowest BCUT2D eigenvalue weighted by molar-refractivity contribution is 0.466. The predicted octanol–water partition coefficient (Wildman–Crippen LogP) is 10.3. The van der Waals surface area contributed by atoms with Crippen LogP contribution in [0.15, 0.2) is 60.7 Å². The van der Waals surface area contributed by atoms with E-state index in [0.29, 0.717) is 0 Å². The van der Waals surface area contributed by atoms with E-state index in [2.05, 4.69) is 128 Å². The molecule has 0 fully saturated rings. The Kier molecular flexibility index (Phi) is 7.83. The maximum absolute atomic E-state index is 6.89. The summed E-state index contributed by atoms with van der Waals surface area (Å²) >= 11 is 0. The Balaban J connectivity index is 1.82. The zero-order chi connectivity index (χ0) is 26.7. The first-order valence-electron chi connectivity index (χ1n) is 13.1. The first kappa shape index (κ1) is 26.2. The van der Waals surface area contributed by atoms with Gasteiger partial charge in [-0.1, -0.05) is 85.0 Å². The summed E-state index contributed by atoms with van der Waals surface area (Å²) in [5.41, 5.74) is 14.7. The van der Waals surface area contributed by atoms with Gasteiger partial charge in [-0.3, -0.25) is 0 Å². The molecule has 0 saturated heterocycles. The third-order valence-corrected chi connectivity index (χ3v) is 7.92. The summed E-state index contributed by atoms with van der Waals surface area (Å²) in [6, 6.07) is 20.9. The lowest BCUT2D eigenvalue weighted by Crippen LogP contribution is -2.04. The molecule has 4 aromatic carbocycles. The summed E-state index contributed by atoms with van der Waals surface area (Å²) in [5, 5.41) is 0. The molecule has 0 atom stereocenters. The van der Waals surface area contributed by atoms with Gasteiger partial charge in [0.1, 0.15) is 11.5 Å². The average molecular weight is 487 g/mol. The van der Waals surface area contributed by atoms with E-state index in [4.69, 9.17) is 4.74 Å². The maximum Gasteiger partial charge on any atom is 0.134 e. The molecule has 0 spiro atoms. The largest absolute Gasteiger partial charge is 0.456 e. The molecule has 0 heterocycles. The van der Waals surface area contributed by atoms with E-state index >= 15 is 0 Å². The second kappa shape index (κ2) is 11.0. The Bertz CT molecular complexity index is 1370. The highest BCUT2D eigenvalue weighted by molar-refractivity contribution is 5.78. The molecule has 0 radical (unpaired) electrons. The minimum absolute atomic E-state index is 0.961. The van der Waals surface area contributed by atoms with Crippen LogP contribution in [0.25, 0.3) is 24.3 Å². The summed E-state index contributed by atoms with van der Waals surface area (Å²) in [4.78, 5) is 0. The lowest BCUT2D eigenvalue weighted by Gasteiger charge is -2.23. The molecule has 0 aliphatic rings. The second-order valence-corrected chi connectivity index (χ2v) is 10.1. The van der Waals surface area contributed by atoms with Crippen molar-refractivity contribution in [1.29, 1.82) is 0 Å². The first-order valence-corrected chi connectivity index (χ1v) is 13.1. The molecule has 4 rings (SSSR count). The zero-order valence-corrected chi connectivity index (χ0v) is 23.5. The SMILES string of the molecule is Cc1c(C)c(C=Cc2ccccc2)c(C)c(Oc2c(C)c(C)c(C)c(C=Cc3ccccc3)c2C)c1C. The minimum Gasteiger partial charge on any atom is -0.456 e. The van der Waals surface area contributed by atoms with E-state index in [1.165, 1.54) is 66.8 Å². The summed E-state index contributed by atoms with van der Waals surface area (Å²) in [6.07, 6.45) is 8.83. The number of hydrogen-bond donors (Lipinski definition) is 0. The summed E-state index contributed by atoms with van der Waals surface area (Å²) in [7, 11) is 0. The van der Waals surface area contributed by atoms with E-state index < -0.39 is 0 Å². The fourth-order valence-electron chi connectivity index (χ4n) is 5.07. The molecule has 0 N–H and O–H groups in total. The number of benzene rings is 4. The highest BCUT2D eigenvalue weighted by Crippen LogP contribution is 2.41. The highest BCUT2D eigenvalue weighted by Gasteiger charge is 2.20. The van der Waals surface area contributed by atoms with Gasteiger partial charge in [0.25, 0.3) is 0 Å². The van der Waals surface area contributed by atoms with Crippen LogP contribution in [0, 0.1) is 55.4 Å². The van der Waals surface area contributed by atoms with Crippen molar-refractivity contribution in [2.45, 2.75) is 55.4 Å². The lowest BCUT2D eigenvalue weighted by atomic mass is 9.91. The van der Waals surface area contributed by atoms with Crippen LogP contribution in [0.3, 0.4) is 0 Å². The number of hydrogen-bond acceptors (Lipinski definition) is 1. The third-order valence-electron chi connectivity index (χ3n) is 7.92. The van der Waals surface area contributed by atoms with Crippen LogP contribution < -0.4 is 4.74 Å². The van der Waals surface area contributed by atoms with E-state index in [1.807, 2.05) is 12.1 Å². The summed E-state index contributed by atoms with van der Waals surface area (Å²) in [5.74, 6) is 1.92. The van der Waals surface area contributed by atoms with Crippen molar-refractivity contribution in [1.82, 2.24) is 0 Å². The van der Waals surface area contributed by atoms with E-state index in [1.54, 1.807) is 0 Å². The zero-order valence-electron chi connectivity index (χ0n) is 23.5. The van der Waals surface area contributed by atoms with Gasteiger partial charge in [0.05, 0.1) is 0 Å². The van der Waals surface area contributed by atoms with Crippen LogP contribution in [0.5, 0.6) is 11.5 Å². The summed E-state index contributed by atoms with van der Waals surface area (Å²) in [6.45, 7) is 17.5. The van der Waals surface area contributed by atoms with Crippen LogP contribution in [-0.2, 0) is 0 Å². The quantitative estimate of drug-likeness (QED) is 0.246. The topological polar surface area (TPSA) is 9.23 Å². The van der Waals surface area contributed by atoms with Gasteiger partial charge in [0.15, 0.2) is 0 Å². The van der Waals surface area contributed by atoms with Crippen LogP contribution in [0.4, 0.5) is 0 Å². The highest BCUT2D eigenvalue weighted by atomic mass is 16.5. The Morgan fingerprint density at radius 2 is 0.730 bits per heavy atom. The van der Waals surface area contributed by atoms with Crippen LogP contribution in [0.1, 0.15) is 66.8 Å². The first-order chi connectivity index (χ1) is 17.7. The van der Waals surface area contributed by atoms with E-state index in [-0.39, 0.29) is 0 Å². The summed E-state index contributed by atoms with van der Waals surface area (Å²) < 4.78 is 6.89. The average Bonchev–Trinajstić information content (AvgIpc) is 2.91. The van der Waals surface area contributed by atoms with Crippen LogP contribution in [-0.4, -0.2) is 0 Å². The Morgan fingerprint density at radius 3 is 1.08 bits per heavy atom. The molecule has 37 heavy (non-hydrogen) atoms. The van der Waals surface area contributed by atoms with Crippen molar-refractivity contribution in [3.8, 4) is 11.5 Å². The van der Waals surface area contributed by atoms with Gasteiger partial charge in [-0.15, -0.1) is 0 Å². The number of rotatable bonds is 6. The van der Waals surface area contributed by atoms with Gasteiger partial charge in [0.2, 0.25) is 0 Å². The Morgan fingerprint density at radius 1 is 0.378 bits per heavy atom. The fourth-order valence-corrected chi connectivity index (χ4v) is 5.07. The monoisotopic (exact) mass is 486 g/mol. The molecule has 0 unspecified atom stereocenters. The fraction of sp³-hybridized carbons (Fsp3) is 0.222. The van der Waals surface area contributed by atoms with E-state index in [0.717, 1.165) is 11.5 Å². The van der Waals surface area contributed by atoms with Gasteiger partial charge >= 0.3 is 0 Å². The predicted molar refractivity (Wildman–Crippen MR) is 162 cm³/mol. The van der Waals surface area contributed by atoms with Crippen LogP contribution >= 0.6 is 0 Å². The number of ether oxygens (including phenoxy) is 1. The molecule has 0 amide bonds. The third kappa shape index (κ3) is 5.32. The van der Waals surface area contributed by atoms with Crippen molar-refractivity contribution in [2.75, 3.05) is 0 Å². The molecule has 0 bridgehead atoms. The molecular formula is C36H38O. The maximum atomic E-state index is 6.89. The standard InChI is InChI=1S/C36H38O/c1-23-25(3)33(21-19-31-15-11-9-12-16-31)29(7)35(27(23)5)37-36-28(6)24(2)26(4)34(30(36)8)22-20-32-17-13-10-14-18-32/h9-22H,1-8H3. The van der Waals surface area contributed by atoms with Crippen molar-refractivity contribution >= 4 is 24.3 Å². The molecule has 0 aliphatic carbocycles. The Labute approximate surface area is 223 Å². The van der Waals surface area contributed by atoms with Crippen LogP contribution in [0.2, 0.25) is 0 Å². The van der Waals surface area contributed by atoms with Crippen molar-refractivity contribution in [3.05, 3.63) is 127 Å².